The van der Waals surface area contributed by atoms with Crippen LogP contribution in [-0.4, -0.2) is 24.7 Å². The molecule has 1 aromatic carbocycles. The topological polar surface area (TPSA) is 60.5 Å². The highest BCUT2D eigenvalue weighted by molar-refractivity contribution is 7.14. The Hall–Kier alpha value is -1.79. The molecule has 0 aliphatic heterocycles. The van der Waals surface area contributed by atoms with Gasteiger partial charge in [-0.15, -0.1) is 11.3 Å². The molecule has 0 unspecified atom stereocenters. The molecule has 1 aromatic heterocycles. The fourth-order valence-electron chi connectivity index (χ4n) is 1.73. The van der Waals surface area contributed by atoms with Crippen LogP contribution in [0, 0.1) is 6.92 Å². The molecule has 112 valence electrons. The highest BCUT2D eigenvalue weighted by atomic mass is 35.5. The Bertz CT molecular complexity index is 658. The number of ether oxygens (including phenoxy) is 2. The van der Waals surface area contributed by atoms with E-state index in [-0.39, 0.29) is 5.69 Å². The Morgan fingerprint density at radius 1 is 1.48 bits per heavy atom. The first kappa shape index (κ1) is 15.6. The predicted molar refractivity (Wildman–Crippen MR) is 84.1 cm³/mol. The van der Waals surface area contributed by atoms with Crippen molar-refractivity contribution in [2.75, 3.05) is 19.0 Å². The zero-order valence-electron chi connectivity index (χ0n) is 11.9. The molecule has 21 heavy (non-hydrogen) atoms. The standard InChI is InChI=1S/C14H15ClN2O3S/c1-4-20-14(18)12-13(21-7-16-12)17-10-5-8(2)9(15)6-11(10)19-3/h5-7,17H,4H2,1-3H3. The lowest BCUT2D eigenvalue weighted by atomic mass is 10.2. The zero-order valence-corrected chi connectivity index (χ0v) is 13.5. The van der Waals surface area contributed by atoms with Crippen molar-refractivity contribution in [1.82, 2.24) is 4.98 Å². The maximum atomic E-state index is 11.8. The molecule has 1 N–H and O–H groups in total. The van der Waals surface area contributed by atoms with Crippen molar-refractivity contribution >= 4 is 39.6 Å². The van der Waals surface area contributed by atoms with E-state index in [0.717, 1.165) is 5.56 Å². The second-order valence-corrected chi connectivity index (χ2v) is 5.44. The smallest absolute Gasteiger partial charge is 0.360 e. The molecule has 0 spiro atoms. The van der Waals surface area contributed by atoms with Crippen LogP contribution in [-0.2, 0) is 4.74 Å². The minimum absolute atomic E-state index is 0.261. The molecule has 5 nitrogen and oxygen atoms in total. The van der Waals surface area contributed by atoms with E-state index in [2.05, 4.69) is 10.3 Å². The number of nitrogens with one attached hydrogen (secondary N) is 1. The van der Waals surface area contributed by atoms with Crippen LogP contribution in [0.5, 0.6) is 5.75 Å². The number of rotatable bonds is 5. The SMILES string of the molecule is CCOC(=O)c1ncsc1Nc1cc(C)c(Cl)cc1OC. The molecule has 0 saturated carbocycles. The molecule has 0 saturated heterocycles. The van der Waals surface area contributed by atoms with Crippen molar-refractivity contribution in [3.8, 4) is 5.75 Å². The number of thiazole rings is 1. The van der Waals surface area contributed by atoms with Gasteiger partial charge < -0.3 is 14.8 Å². The van der Waals surface area contributed by atoms with Crippen molar-refractivity contribution in [3.05, 3.63) is 33.9 Å². The van der Waals surface area contributed by atoms with Crippen LogP contribution in [0.25, 0.3) is 0 Å². The van der Waals surface area contributed by atoms with Crippen molar-refractivity contribution in [3.63, 3.8) is 0 Å². The quantitative estimate of drug-likeness (QED) is 0.840. The number of methoxy groups -OCH3 is 1. The summed E-state index contributed by atoms with van der Waals surface area (Å²) in [5.74, 6) is 0.139. The second-order valence-electron chi connectivity index (χ2n) is 4.18. The highest BCUT2D eigenvalue weighted by Gasteiger charge is 2.17. The summed E-state index contributed by atoms with van der Waals surface area (Å²) in [5, 5.41) is 4.37. The van der Waals surface area contributed by atoms with Gasteiger partial charge in [-0.3, -0.25) is 0 Å². The maximum Gasteiger partial charge on any atom is 0.360 e. The van der Waals surface area contributed by atoms with E-state index >= 15 is 0 Å². The van der Waals surface area contributed by atoms with E-state index in [1.165, 1.54) is 11.3 Å². The molecule has 2 rings (SSSR count). The van der Waals surface area contributed by atoms with E-state index in [1.807, 2.05) is 13.0 Å². The number of carbonyl (C=O) groups is 1. The van der Waals surface area contributed by atoms with Crippen molar-refractivity contribution in [2.24, 2.45) is 0 Å². The van der Waals surface area contributed by atoms with Gasteiger partial charge in [-0.25, -0.2) is 9.78 Å². The van der Waals surface area contributed by atoms with Crippen molar-refractivity contribution < 1.29 is 14.3 Å². The summed E-state index contributed by atoms with van der Waals surface area (Å²) in [6.07, 6.45) is 0. The number of hydrogen-bond acceptors (Lipinski definition) is 6. The minimum atomic E-state index is -0.453. The summed E-state index contributed by atoms with van der Waals surface area (Å²) in [5.41, 5.74) is 3.47. The summed E-state index contributed by atoms with van der Waals surface area (Å²) in [4.78, 5) is 15.9. The molecule has 0 bridgehead atoms. The molecule has 0 fully saturated rings. The molecular weight excluding hydrogens is 312 g/mol. The molecular formula is C14H15ClN2O3S. The summed E-state index contributed by atoms with van der Waals surface area (Å²) in [6.45, 7) is 3.95. The Balaban J connectivity index is 2.33. The normalized spacial score (nSPS) is 10.3. The molecule has 2 aromatic rings. The number of aromatic nitrogens is 1. The number of esters is 1. The molecule has 0 amide bonds. The van der Waals surface area contributed by atoms with Crippen LogP contribution in [0.2, 0.25) is 5.02 Å². The van der Waals surface area contributed by atoms with Gasteiger partial charge in [0.05, 0.1) is 24.9 Å². The number of hydrogen-bond donors (Lipinski definition) is 1. The first-order chi connectivity index (χ1) is 10.1. The van der Waals surface area contributed by atoms with E-state index in [1.54, 1.807) is 25.6 Å². The van der Waals surface area contributed by atoms with Gasteiger partial charge in [-0.05, 0) is 25.5 Å². The Morgan fingerprint density at radius 3 is 2.90 bits per heavy atom. The molecule has 0 radical (unpaired) electrons. The third kappa shape index (κ3) is 3.46. The number of halogens is 1. The van der Waals surface area contributed by atoms with Crippen LogP contribution in [0.1, 0.15) is 23.0 Å². The van der Waals surface area contributed by atoms with Crippen LogP contribution in [0.15, 0.2) is 17.6 Å². The average Bonchev–Trinajstić information content (AvgIpc) is 2.91. The summed E-state index contributed by atoms with van der Waals surface area (Å²) < 4.78 is 10.3. The van der Waals surface area contributed by atoms with Gasteiger partial charge in [-0.2, -0.15) is 0 Å². The van der Waals surface area contributed by atoms with Gasteiger partial charge in [-0.1, -0.05) is 11.6 Å². The second kappa shape index (κ2) is 6.78. The lowest BCUT2D eigenvalue weighted by Gasteiger charge is -2.12. The van der Waals surface area contributed by atoms with E-state index < -0.39 is 5.97 Å². The molecule has 0 aliphatic carbocycles. The Kier molecular flexibility index (Phi) is 5.03. The summed E-state index contributed by atoms with van der Waals surface area (Å²) in [7, 11) is 1.56. The first-order valence-electron chi connectivity index (χ1n) is 6.28. The number of carbonyl (C=O) groups excluding carboxylic acids is 1. The molecule has 0 aliphatic rings. The summed E-state index contributed by atoms with van der Waals surface area (Å²) >= 11 is 7.39. The average molecular weight is 327 g/mol. The highest BCUT2D eigenvalue weighted by Crippen LogP contribution is 2.35. The molecule has 1 heterocycles. The first-order valence-corrected chi connectivity index (χ1v) is 7.54. The maximum absolute atomic E-state index is 11.8. The molecule has 7 heteroatoms. The summed E-state index contributed by atoms with van der Waals surface area (Å²) in [6, 6.07) is 3.58. The van der Waals surface area contributed by atoms with Gasteiger partial charge >= 0.3 is 5.97 Å². The Labute approximate surface area is 131 Å². The third-order valence-electron chi connectivity index (χ3n) is 2.77. The minimum Gasteiger partial charge on any atom is -0.495 e. The van der Waals surface area contributed by atoms with E-state index in [9.17, 15) is 4.79 Å². The van der Waals surface area contributed by atoms with Crippen molar-refractivity contribution in [2.45, 2.75) is 13.8 Å². The zero-order chi connectivity index (χ0) is 15.4. The van der Waals surface area contributed by atoms with Crippen LogP contribution >= 0.6 is 22.9 Å². The predicted octanol–water partition coefficient (Wildman–Crippen LogP) is 4.03. The van der Waals surface area contributed by atoms with Crippen LogP contribution in [0.3, 0.4) is 0 Å². The third-order valence-corrected chi connectivity index (χ3v) is 3.91. The lowest BCUT2D eigenvalue weighted by molar-refractivity contribution is 0.0521. The Morgan fingerprint density at radius 2 is 2.24 bits per heavy atom. The number of aryl methyl sites for hydroxylation is 1. The lowest BCUT2D eigenvalue weighted by Crippen LogP contribution is -2.07. The number of anilines is 2. The fourth-order valence-corrected chi connectivity index (χ4v) is 2.57. The number of nitrogens with zero attached hydrogens (tertiary/aromatic N) is 1. The van der Waals surface area contributed by atoms with Crippen LogP contribution in [0.4, 0.5) is 10.7 Å². The van der Waals surface area contributed by atoms with Gasteiger partial charge in [0.15, 0.2) is 5.69 Å². The monoisotopic (exact) mass is 326 g/mol. The van der Waals surface area contributed by atoms with Crippen LogP contribution < -0.4 is 10.1 Å². The molecule has 0 atom stereocenters. The van der Waals surface area contributed by atoms with Crippen molar-refractivity contribution in [1.29, 1.82) is 0 Å². The van der Waals surface area contributed by atoms with Gasteiger partial charge in [0.1, 0.15) is 10.8 Å². The van der Waals surface area contributed by atoms with Gasteiger partial charge in [0.25, 0.3) is 0 Å². The largest absolute Gasteiger partial charge is 0.495 e. The van der Waals surface area contributed by atoms with E-state index in [0.29, 0.717) is 28.1 Å². The van der Waals surface area contributed by atoms with Gasteiger partial charge in [0.2, 0.25) is 0 Å². The van der Waals surface area contributed by atoms with E-state index in [4.69, 9.17) is 21.1 Å². The van der Waals surface area contributed by atoms with Gasteiger partial charge in [0, 0.05) is 11.1 Å². The number of benzene rings is 1. The fraction of sp³-hybridized carbons (Fsp3) is 0.286.